The van der Waals surface area contributed by atoms with E-state index in [1.807, 2.05) is 13.2 Å². The van der Waals surface area contributed by atoms with E-state index in [2.05, 4.69) is 5.10 Å². The highest BCUT2D eigenvalue weighted by molar-refractivity contribution is 7.89. The molecule has 7 nitrogen and oxygen atoms in total. The van der Waals surface area contributed by atoms with Crippen molar-refractivity contribution < 1.29 is 17.6 Å². The number of amides is 1. The van der Waals surface area contributed by atoms with E-state index in [1.54, 1.807) is 22.8 Å². The van der Waals surface area contributed by atoms with Gasteiger partial charge >= 0.3 is 0 Å². The fourth-order valence-corrected chi connectivity index (χ4v) is 4.79. The Balaban J connectivity index is 1.59. The largest absolute Gasteiger partial charge is 0.341 e. The zero-order valence-electron chi connectivity index (χ0n) is 15.4. The van der Waals surface area contributed by atoms with Crippen molar-refractivity contribution >= 4 is 15.9 Å². The van der Waals surface area contributed by atoms with E-state index in [9.17, 15) is 17.6 Å². The molecule has 0 saturated carbocycles. The Labute approximate surface area is 158 Å². The fourth-order valence-electron chi connectivity index (χ4n) is 3.32. The number of aryl methyl sites for hydroxylation is 1. The first-order valence-electron chi connectivity index (χ1n) is 8.75. The van der Waals surface area contributed by atoms with Gasteiger partial charge in [0.25, 0.3) is 0 Å². The summed E-state index contributed by atoms with van der Waals surface area (Å²) >= 11 is 0. The standard InChI is InChI=1S/C18H23FN4O3S/c1-21(12-14-11-20-22(2)13-14)18(24)15-7-9-23(10-8-15)27(25,26)17-5-3-16(19)4-6-17/h3-6,11,13,15H,7-10,12H2,1-2H3. The molecule has 2 aromatic rings. The van der Waals surface area contributed by atoms with Crippen LogP contribution in [0.15, 0.2) is 41.6 Å². The van der Waals surface area contributed by atoms with Gasteiger partial charge in [0.2, 0.25) is 15.9 Å². The summed E-state index contributed by atoms with van der Waals surface area (Å²) < 4.78 is 41.4. The molecule has 1 saturated heterocycles. The van der Waals surface area contributed by atoms with Crippen LogP contribution < -0.4 is 0 Å². The summed E-state index contributed by atoms with van der Waals surface area (Å²) in [7, 11) is -0.0942. The van der Waals surface area contributed by atoms with E-state index in [1.165, 1.54) is 16.4 Å². The van der Waals surface area contributed by atoms with Crippen molar-refractivity contribution in [2.24, 2.45) is 13.0 Å². The molecule has 1 aromatic carbocycles. The molecular formula is C18H23FN4O3S. The van der Waals surface area contributed by atoms with Crippen molar-refractivity contribution in [3.63, 3.8) is 0 Å². The summed E-state index contributed by atoms with van der Waals surface area (Å²) in [5.41, 5.74) is 0.949. The van der Waals surface area contributed by atoms with E-state index in [-0.39, 0.29) is 29.8 Å². The quantitative estimate of drug-likeness (QED) is 0.772. The van der Waals surface area contributed by atoms with Gasteiger partial charge in [0.1, 0.15) is 5.82 Å². The summed E-state index contributed by atoms with van der Waals surface area (Å²) in [5, 5.41) is 4.09. The number of sulfonamides is 1. The second-order valence-corrected chi connectivity index (χ2v) is 8.79. The lowest BCUT2D eigenvalue weighted by Gasteiger charge is -2.32. The van der Waals surface area contributed by atoms with Crippen LogP contribution in [0.2, 0.25) is 0 Å². The number of carbonyl (C=O) groups excluding carboxylic acids is 1. The molecule has 0 unspecified atom stereocenters. The predicted octanol–water partition coefficient (Wildman–Crippen LogP) is 1.62. The number of hydrogen-bond donors (Lipinski definition) is 0. The highest BCUT2D eigenvalue weighted by Gasteiger charge is 2.33. The number of benzene rings is 1. The molecule has 1 fully saturated rings. The number of piperidine rings is 1. The first kappa shape index (κ1) is 19.5. The molecule has 0 radical (unpaired) electrons. The van der Waals surface area contributed by atoms with Gasteiger partial charge in [-0.15, -0.1) is 0 Å². The highest BCUT2D eigenvalue weighted by Crippen LogP contribution is 2.25. The third-order valence-electron chi connectivity index (χ3n) is 4.81. The summed E-state index contributed by atoms with van der Waals surface area (Å²) in [6, 6.07) is 4.81. The van der Waals surface area contributed by atoms with Crippen LogP contribution in [0.25, 0.3) is 0 Å². The second-order valence-electron chi connectivity index (χ2n) is 6.85. The average molecular weight is 394 g/mol. The van der Waals surface area contributed by atoms with Crippen molar-refractivity contribution in [3.8, 4) is 0 Å². The van der Waals surface area contributed by atoms with Crippen LogP contribution in [-0.4, -0.2) is 53.4 Å². The number of aromatic nitrogens is 2. The third kappa shape index (κ3) is 4.36. The van der Waals surface area contributed by atoms with Gasteiger partial charge < -0.3 is 4.90 Å². The monoisotopic (exact) mass is 394 g/mol. The topological polar surface area (TPSA) is 75.5 Å². The number of carbonyl (C=O) groups is 1. The Morgan fingerprint density at radius 1 is 1.26 bits per heavy atom. The van der Waals surface area contributed by atoms with Crippen molar-refractivity contribution in [2.45, 2.75) is 24.3 Å². The predicted molar refractivity (Wildman–Crippen MR) is 97.6 cm³/mol. The second kappa shape index (κ2) is 7.77. The maximum atomic E-state index is 13.0. The van der Waals surface area contributed by atoms with Gasteiger partial charge in [0.05, 0.1) is 11.1 Å². The molecular weight excluding hydrogens is 371 g/mol. The minimum absolute atomic E-state index is 0.0117. The SMILES string of the molecule is CN(Cc1cnn(C)c1)C(=O)C1CCN(S(=O)(=O)c2ccc(F)cc2)CC1. The zero-order valence-corrected chi connectivity index (χ0v) is 16.2. The van der Waals surface area contributed by atoms with E-state index in [4.69, 9.17) is 0 Å². The molecule has 0 spiro atoms. The van der Waals surface area contributed by atoms with Gasteiger partial charge in [-0.25, -0.2) is 12.8 Å². The van der Waals surface area contributed by atoms with Gasteiger partial charge in [-0.2, -0.15) is 9.40 Å². The molecule has 3 rings (SSSR count). The van der Waals surface area contributed by atoms with Gasteiger partial charge in [0.15, 0.2) is 0 Å². The van der Waals surface area contributed by atoms with E-state index < -0.39 is 15.8 Å². The molecule has 1 aromatic heterocycles. The Morgan fingerprint density at radius 2 is 1.89 bits per heavy atom. The van der Waals surface area contributed by atoms with Crippen LogP contribution in [0, 0.1) is 11.7 Å². The van der Waals surface area contributed by atoms with Crippen molar-refractivity contribution in [2.75, 3.05) is 20.1 Å². The van der Waals surface area contributed by atoms with Crippen LogP contribution in [-0.2, 0) is 28.4 Å². The summed E-state index contributed by atoms with van der Waals surface area (Å²) in [6.07, 6.45) is 4.52. The maximum absolute atomic E-state index is 13.0. The summed E-state index contributed by atoms with van der Waals surface area (Å²) in [5.74, 6) is -0.668. The molecule has 1 amide bonds. The first-order valence-corrected chi connectivity index (χ1v) is 10.2. The minimum atomic E-state index is -3.66. The fraction of sp³-hybridized carbons (Fsp3) is 0.444. The van der Waals surface area contributed by atoms with Crippen LogP contribution in [0.5, 0.6) is 0 Å². The number of hydrogen-bond acceptors (Lipinski definition) is 4. The Hall–Kier alpha value is -2.26. The maximum Gasteiger partial charge on any atom is 0.243 e. The highest BCUT2D eigenvalue weighted by atomic mass is 32.2. The molecule has 27 heavy (non-hydrogen) atoms. The normalized spacial score (nSPS) is 16.4. The van der Waals surface area contributed by atoms with Gasteiger partial charge in [-0.3, -0.25) is 9.48 Å². The van der Waals surface area contributed by atoms with Gasteiger partial charge in [-0.1, -0.05) is 0 Å². The van der Waals surface area contributed by atoms with Gasteiger partial charge in [0, 0.05) is 51.4 Å². The van der Waals surface area contributed by atoms with Crippen molar-refractivity contribution in [1.82, 2.24) is 19.0 Å². The zero-order chi connectivity index (χ0) is 19.6. The lowest BCUT2D eigenvalue weighted by molar-refractivity contribution is -0.135. The molecule has 0 bridgehead atoms. The van der Waals surface area contributed by atoms with Crippen LogP contribution in [0.1, 0.15) is 18.4 Å². The summed E-state index contributed by atoms with van der Waals surface area (Å²) in [6.45, 7) is 1.02. The molecule has 0 aliphatic carbocycles. The van der Waals surface area contributed by atoms with Gasteiger partial charge in [-0.05, 0) is 37.1 Å². The summed E-state index contributed by atoms with van der Waals surface area (Å²) in [4.78, 5) is 14.4. The molecule has 1 aliphatic rings. The van der Waals surface area contributed by atoms with Crippen molar-refractivity contribution in [3.05, 3.63) is 48.0 Å². The molecule has 9 heteroatoms. The van der Waals surface area contributed by atoms with E-state index in [0.29, 0.717) is 19.4 Å². The number of nitrogens with zero attached hydrogens (tertiary/aromatic N) is 4. The van der Waals surface area contributed by atoms with E-state index >= 15 is 0 Å². The molecule has 0 N–H and O–H groups in total. The first-order chi connectivity index (χ1) is 12.8. The van der Waals surface area contributed by atoms with Crippen LogP contribution in [0.4, 0.5) is 4.39 Å². The lowest BCUT2D eigenvalue weighted by atomic mass is 9.96. The van der Waals surface area contributed by atoms with E-state index in [0.717, 1.165) is 17.7 Å². The number of halogens is 1. The smallest absolute Gasteiger partial charge is 0.243 e. The Bertz CT molecular complexity index is 903. The molecule has 1 aliphatic heterocycles. The average Bonchev–Trinajstić information content (AvgIpc) is 3.06. The van der Waals surface area contributed by atoms with Crippen LogP contribution >= 0.6 is 0 Å². The third-order valence-corrected chi connectivity index (χ3v) is 6.72. The van der Waals surface area contributed by atoms with Crippen molar-refractivity contribution in [1.29, 1.82) is 0 Å². The lowest BCUT2D eigenvalue weighted by Crippen LogP contribution is -2.43. The number of rotatable bonds is 5. The molecule has 0 atom stereocenters. The van der Waals surface area contributed by atoms with Crippen LogP contribution in [0.3, 0.4) is 0 Å². The molecule has 146 valence electrons. The Morgan fingerprint density at radius 3 is 2.44 bits per heavy atom. The minimum Gasteiger partial charge on any atom is -0.341 e. The molecule has 2 heterocycles. The Kier molecular flexibility index (Phi) is 5.61.